The highest BCUT2D eigenvalue weighted by atomic mass is 35.5. The third-order valence-corrected chi connectivity index (χ3v) is 5.90. The minimum absolute atomic E-state index is 0. The van der Waals surface area contributed by atoms with E-state index in [-0.39, 0.29) is 6.15 Å². The van der Waals surface area contributed by atoms with Crippen molar-refractivity contribution < 1.29 is 0 Å². The maximum Gasteiger partial charge on any atom is 0.181 e. The van der Waals surface area contributed by atoms with Gasteiger partial charge in [0.15, 0.2) is 5.65 Å². The van der Waals surface area contributed by atoms with Gasteiger partial charge in [0, 0.05) is 33.4 Å². The molecule has 0 radical (unpaired) electrons. The van der Waals surface area contributed by atoms with Gasteiger partial charge in [0.2, 0.25) is 0 Å². The summed E-state index contributed by atoms with van der Waals surface area (Å²) in [6.45, 7) is 2.05. The van der Waals surface area contributed by atoms with Gasteiger partial charge in [0.1, 0.15) is 29.7 Å². The van der Waals surface area contributed by atoms with Gasteiger partial charge in [-0.1, -0.05) is 17.7 Å². The zero-order valence-corrected chi connectivity index (χ0v) is 19.5. The second kappa shape index (κ2) is 9.05. The Bertz CT molecular complexity index is 1660. The van der Waals surface area contributed by atoms with Crippen LogP contribution in [0.1, 0.15) is 5.56 Å². The predicted molar refractivity (Wildman–Crippen MR) is 138 cm³/mol. The normalized spacial score (nSPS) is 10.9. The number of pyridine rings is 1. The van der Waals surface area contributed by atoms with Crippen LogP contribution in [0.25, 0.3) is 44.6 Å². The van der Waals surface area contributed by atoms with E-state index in [2.05, 4.69) is 41.3 Å². The number of rotatable bonds is 4. The van der Waals surface area contributed by atoms with Crippen LogP contribution >= 0.6 is 11.6 Å². The first-order valence-corrected chi connectivity index (χ1v) is 10.9. The Morgan fingerprint density at radius 1 is 0.829 bits per heavy atom. The monoisotopic (exact) mass is 481 g/mol. The topological polar surface area (TPSA) is 140 Å². The number of aromatic amines is 1. The van der Waals surface area contributed by atoms with E-state index in [0.29, 0.717) is 16.5 Å². The van der Waals surface area contributed by atoms with Crippen molar-refractivity contribution in [2.45, 2.75) is 6.92 Å². The lowest BCUT2D eigenvalue weighted by Gasteiger charge is -2.15. The number of benzene rings is 2. The highest BCUT2D eigenvalue weighted by Gasteiger charge is 2.19. The van der Waals surface area contributed by atoms with Gasteiger partial charge < -0.3 is 16.5 Å². The van der Waals surface area contributed by atoms with Crippen LogP contribution in [0.3, 0.4) is 0 Å². The van der Waals surface area contributed by atoms with Gasteiger partial charge in [-0.15, -0.1) is 0 Å². The number of nitrogens with one attached hydrogen (secondary N) is 2. The number of fused-ring (bicyclic) bond motifs is 2. The molecule has 5 N–H and O–H groups in total. The summed E-state index contributed by atoms with van der Waals surface area (Å²) >= 11 is 6.03. The summed E-state index contributed by atoms with van der Waals surface area (Å²) in [5.41, 5.74) is 7.36. The lowest BCUT2D eigenvalue weighted by molar-refractivity contribution is 1.19. The van der Waals surface area contributed by atoms with Crippen molar-refractivity contribution in [2.24, 2.45) is 0 Å². The zero-order chi connectivity index (χ0) is 23.1. The van der Waals surface area contributed by atoms with E-state index in [1.165, 1.54) is 6.33 Å². The summed E-state index contributed by atoms with van der Waals surface area (Å²) in [5.74, 6) is 0.698. The quantitative estimate of drug-likeness (QED) is 0.283. The molecule has 0 bridgehead atoms. The van der Waals surface area contributed by atoms with Crippen molar-refractivity contribution >= 4 is 45.2 Å². The number of nitrogens with zero attached hydrogens (tertiary/aromatic N) is 6. The summed E-state index contributed by atoms with van der Waals surface area (Å²) in [4.78, 5) is 30.1. The number of anilines is 2. The van der Waals surface area contributed by atoms with Crippen LogP contribution in [0.4, 0.5) is 11.5 Å². The van der Waals surface area contributed by atoms with Crippen LogP contribution in [-0.4, -0.2) is 34.9 Å². The van der Waals surface area contributed by atoms with Gasteiger partial charge in [-0.05, 0) is 55.0 Å². The third kappa shape index (κ3) is 3.92. The molecule has 172 valence electrons. The molecular weight excluding hydrogens is 462 g/mol. The van der Waals surface area contributed by atoms with E-state index in [1.54, 1.807) is 18.9 Å². The van der Waals surface area contributed by atoms with E-state index in [9.17, 15) is 0 Å². The van der Waals surface area contributed by atoms with Gasteiger partial charge in [-0.3, -0.25) is 4.98 Å². The summed E-state index contributed by atoms with van der Waals surface area (Å²) < 4.78 is 0. The van der Waals surface area contributed by atoms with E-state index in [1.807, 2.05) is 49.4 Å². The van der Waals surface area contributed by atoms with Crippen LogP contribution < -0.4 is 11.5 Å². The van der Waals surface area contributed by atoms with Gasteiger partial charge >= 0.3 is 0 Å². The first-order valence-electron chi connectivity index (χ1n) is 10.6. The molecule has 6 aromatic rings. The molecule has 9 nitrogen and oxygen atoms in total. The number of aryl methyl sites for hydroxylation is 1. The maximum absolute atomic E-state index is 6.03. The molecule has 0 amide bonds. The fourth-order valence-corrected chi connectivity index (χ4v) is 4.19. The molecule has 0 saturated heterocycles. The SMILES string of the molecule is Cc1ccc2c(Nc3ccc(Cl)cc3)ncnc2c1-c1ncccc1-c1ncnc2nc[nH]c12.N. The second-order valence-corrected chi connectivity index (χ2v) is 8.17. The number of imidazole rings is 1. The number of hydrogen-bond donors (Lipinski definition) is 3. The Hall–Kier alpha value is -4.47. The zero-order valence-electron chi connectivity index (χ0n) is 18.7. The molecule has 0 spiro atoms. The van der Waals surface area contributed by atoms with Crippen molar-refractivity contribution in [3.63, 3.8) is 0 Å². The Morgan fingerprint density at radius 2 is 1.66 bits per heavy atom. The molecular formula is C25H20ClN9. The van der Waals surface area contributed by atoms with Crippen LogP contribution in [-0.2, 0) is 0 Å². The van der Waals surface area contributed by atoms with Crippen molar-refractivity contribution in [3.8, 4) is 22.5 Å². The molecule has 0 aliphatic heterocycles. The molecule has 35 heavy (non-hydrogen) atoms. The number of aromatic nitrogens is 7. The molecule has 0 saturated carbocycles. The highest BCUT2D eigenvalue weighted by molar-refractivity contribution is 6.30. The molecule has 0 unspecified atom stereocenters. The largest absolute Gasteiger partial charge is 0.344 e. The molecule has 2 aromatic carbocycles. The molecule has 6 rings (SSSR count). The van der Waals surface area contributed by atoms with Crippen LogP contribution in [0.15, 0.2) is 73.7 Å². The average Bonchev–Trinajstić information content (AvgIpc) is 3.35. The first kappa shape index (κ1) is 22.3. The molecule has 0 aliphatic carbocycles. The van der Waals surface area contributed by atoms with E-state index in [0.717, 1.165) is 50.2 Å². The molecule has 0 aliphatic rings. The summed E-state index contributed by atoms with van der Waals surface area (Å²) in [6.07, 6.45) is 6.46. The summed E-state index contributed by atoms with van der Waals surface area (Å²) in [5, 5.41) is 4.93. The third-order valence-electron chi connectivity index (χ3n) is 5.64. The molecule has 4 aromatic heterocycles. The van der Waals surface area contributed by atoms with Crippen molar-refractivity contribution in [3.05, 3.63) is 84.3 Å². The Balaban J connectivity index is 0.00000253. The van der Waals surface area contributed by atoms with E-state index < -0.39 is 0 Å². The number of hydrogen-bond acceptors (Lipinski definition) is 8. The summed E-state index contributed by atoms with van der Waals surface area (Å²) in [7, 11) is 0. The molecule has 0 atom stereocenters. The Morgan fingerprint density at radius 3 is 2.51 bits per heavy atom. The first-order chi connectivity index (χ1) is 16.7. The maximum atomic E-state index is 6.03. The lowest BCUT2D eigenvalue weighted by Crippen LogP contribution is -2.00. The van der Waals surface area contributed by atoms with Crippen LogP contribution in [0, 0.1) is 6.92 Å². The summed E-state index contributed by atoms with van der Waals surface area (Å²) in [6, 6.07) is 15.5. The molecule has 4 heterocycles. The standard InChI is InChI=1S/C25H17ClN8.H3N/c1-14-4-9-18-21(28-11-31-24(18)34-16-7-5-15(26)6-8-16)19(14)20-17(3-2-10-27-20)22-23-25(32-12-29-22)33-13-30-23;/h2-13H,1H3,(H,28,31,34)(H,29,30,32,33);1H3. The minimum atomic E-state index is 0. The Labute approximate surface area is 205 Å². The van der Waals surface area contributed by atoms with Gasteiger partial charge in [0.25, 0.3) is 0 Å². The second-order valence-electron chi connectivity index (χ2n) is 7.73. The van der Waals surface area contributed by atoms with Gasteiger partial charge in [0.05, 0.1) is 17.5 Å². The van der Waals surface area contributed by atoms with Gasteiger partial charge in [-0.25, -0.2) is 24.9 Å². The highest BCUT2D eigenvalue weighted by Crippen LogP contribution is 2.38. The average molecular weight is 482 g/mol. The van der Waals surface area contributed by atoms with Crippen LogP contribution in [0.5, 0.6) is 0 Å². The fraction of sp³-hybridized carbons (Fsp3) is 0.0400. The number of H-pyrrole nitrogens is 1. The Kier molecular flexibility index (Phi) is 5.77. The molecule has 0 fully saturated rings. The van der Waals surface area contributed by atoms with E-state index >= 15 is 0 Å². The minimum Gasteiger partial charge on any atom is -0.344 e. The number of halogens is 1. The van der Waals surface area contributed by atoms with Crippen molar-refractivity contribution in [1.82, 2.24) is 41.0 Å². The smallest absolute Gasteiger partial charge is 0.181 e. The fourth-order valence-electron chi connectivity index (χ4n) is 4.06. The predicted octanol–water partition coefficient (Wildman–Crippen LogP) is 5.89. The molecule has 10 heteroatoms. The van der Waals surface area contributed by atoms with Crippen LogP contribution in [0.2, 0.25) is 5.02 Å². The van der Waals surface area contributed by atoms with Crippen molar-refractivity contribution in [2.75, 3.05) is 5.32 Å². The van der Waals surface area contributed by atoms with E-state index in [4.69, 9.17) is 16.6 Å². The van der Waals surface area contributed by atoms with Gasteiger partial charge in [-0.2, -0.15) is 0 Å². The lowest BCUT2D eigenvalue weighted by atomic mass is 9.96. The van der Waals surface area contributed by atoms with Crippen molar-refractivity contribution in [1.29, 1.82) is 0 Å².